The van der Waals surface area contributed by atoms with Crippen LogP contribution in [0.1, 0.15) is 12.0 Å². The number of amides is 1. The van der Waals surface area contributed by atoms with Gasteiger partial charge in [0.25, 0.3) is 0 Å². The van der Waals surface area contributed by atoms with Gasteiger partial charge in [0.05, 0.1) is 6.54 Å². The first kappa shape index (κ1) is 14.8. The van der Waals surface area contributed by atoms with Crippen LogP contribution in [0.3, 0.4) is 0 Å². The number of fused-ring (bicyclic) bond motifs is 1. The number of rotatable bonds is 4. The Balaban J connectivity index is 2.12. The molecule has 20 heavy (non-hydrogen) atoms. The zero-order valence-electron chi connectivity index (χ0n) is 10.7. The van der Waals surface area contributed by atoms with E-state index in [9.17, 15) is 14.0 Å². The number of aliphatic carboxylic acids is 1. The number of halogens is 2. The van der Waals surface area contributed by atoms with Crippen molar-refractivity contribution in [2.45, 2.75) is 12.8 Å². The number of carbonyl (C=O) groups is 2. The van der Waals surface area contributed by atoms with E-state index in [4.69, 9.17) is 5.11 Å². The molecule has 0 spiro atoms. The molecule has 0 saturated heterocycles. The second kappa shape index (κ2) is 6.21. The molecule has 7 heteroatoms. The van der Waals surface area contributed by atoms with E-state index >= 15 is 0 Å². The first-order valence-electron chi connectivity index (χ1n) is 6.18. The summed E-state index contributed by atoms with van der Waals surface area (Å²) < 4.78 is 14.5. The number of carbonyl (C=O) groups excluding carboxylic acids is 1. The van der Waals surface area contributed by atoms with Gasteiger partial charge in [0.15, 0.2) is 0 Å². The molecule has 2 rings (SSSR count). The number of nitrogens with one attached hydrogen (secondary N) is 1. The molecule has 1 aliphatic rings. The lowest BCUT2D eigenvalue weighted by Gasteiger charge is -2.31. The van der Waals surface area contributed by atoms with E-state index in [0.717, 1.165) is 6.42 Å². The van der Waals surface area contributed by atoms with Gasteiger partial charge in [-0.3, -0.25) is 9.59 Å². The molecule has 1 aromatic rings. The Hall–Kier alpha value is -1.63. The Morgan fingerprint density at radius 3 is 2.90 bits per heavy atom. The summed E-state index contributed by atoms with van der Waals surface area (Å²) in [6.07, 6.45) is 1.40. The van der Waals surface area contributed by atoms with E-state index in [-0.39, 0.29) is 18.3 Å². The van der Waals surface area contributed by atoms with E-state index in [2.05, 4.69) is 21.2 Å². The van der Waals surface area contributed by atoms with Gasteiger partial charge in [-0.25, -0.2) is 4.39 Å². The van der Waals surface area contributed by atoms with Gasteiger partial charge in [0, 0.05) is 22.3 Å². The summed E-state index contributed by atoms with van der Waals surface area (Å²) in [5, 5.41) is 10.8. The molecule has 0 fully saturated rings. The van der Waals surface area contributed by atoms with Crippen LogP contribution in [0.25, 0.3) is 0 Å². The third-order valence-corrected chi connectivity index (χ3v) is 3.56. The molecule has 0 aromatic heterocycles. The average molecular weight is 345 g/mol. The quantitative estimate of drug-likeness (QED) is 0.869. The molecule has 0 saturated carbocycles. The molecule has 0 atom stereocenters. The fraction of sp³-hybridized carbons (Fsp3) is 0.385. The number of hydrogen-bond donors (Lipinski definition) is 2. The largest absolute Gasteiger partial charge is 0.480 e. The van der Waals surface area contributed by atoms with Gasteiger partial charge < -0.3 is 15.3 Å². The Kier molecular flexibility index (Phi) is 4.59. The van der Waals surface area contributed by atoms with Gasteiger partial charge in [0.2, 0.25) is 5.91 Å². The van der Waals surface area contributed by atoms with Crippen molar-refractivity contribution in [1.82, 2.24) is 5.32 Å². The Labute approximate surface area is 123 Å². The van der Waals surface area contributed by atoms with Gasteiger partial charge >= 0.3 is 5.97 Å². The third kappa shape index (κ3) is 3.47. The highest BCUT2D eigenvalue weighted by Crippen LogP contribution is 2.32. The van der Waals surface area contributed by atoms with Gasteiger partial charge in [-0.2, -0.15) is 0 Å². The molecule has 108 valence electrons. The minimum atomic E-state index is -1.09. The van der Waals surface area contributed by atoms with Crippen LogP contribution in [0.2, 0.25) is 0 Å². The van der Waals surface area contributed by atoms with Crippen LogP contribution >= 0.6 is 15.9 Å². The third-order valence-electron chi connectivity index (χ3n) is 3.10. The molecule has 1 heterocycles. The smallest absolute Gasteiger partial charge is 0.322 e. The fourth-order valence-electron chi connectivity index (χ4n) is 2.25. The van der Waals surface area contributed by atoms with Crippen molar-refractivity contribution in [2.24, 2.45) is 0 Å². The highest BCUT2D eigenvalue weighted by molar-refractivity contribution is 9.10. The first-order chi connectivity index (χ1) is 9.47. The molecule has 0 bridgehead atoms. The zero-order chi connectivity index (χ0) is 14.7. The molecule has 0 unspecified atom stereocenters. The molecule has 0 radical (unpaired) electrons. The molecule has 1 aromatic carbocycles. The van der Waals surface area contributed by atoms with Gasteiger partial charge in [-0.05, 0) is 25.0 Å². The predicted octanol–water partition coefficient (Wildman–Crippen LogP) is 1.54. The van der Waals surface area contributed by atoms with Crippen LogP contribution in [-0.2, 0) is 16.0 Å². The number of benzene rings is 1. The number of carboxylic acid groups (broad SMARTS) is 1. The summed E-state index contributed by atoms with van der Waals surface area (Å²) in [4.78, 5) is 23.8. The van der Waals surface area contributed by atoms with Crippen molar-refractivity contribution in [1.29, 1.82) is 0 Å². The van der Waals surface area contributed by atoms with E-state index in [0.29, 0.717) is 28.7 Å². The van der Waals surface area contributed by atoms with E-state index in [1.165, 1.54) is 6.07 Å². The molecule has 5 nitrogen and oxygen atoms in total. The maximum absolute atomic E-state index is 13.9. The summed E-state index contributed by atoms with van der Waals surface area (Å²) in [6.45, 7) is 0.256. The number of anilines is 1. The van der Waals surface area contributed by atoms with E-state index in [1.54, 1.807) is 11.0 Å². The minimum absolute atomic E-state index is 0.0240. The van der Waals surface area contributed by atoms with Crippen LogP contribution in [0, 0.1) is 5.82 Å². The normalized spacial score (nSPS) is 13.8. The van der Waals surface area contributed by atoms with Crippen molar-refractivity contribution in [3.05, 3.63) is 28.0 Å². The molecule has 1 aliphatic heterocycles. The SMILES string of the molecule is O=C(O)CNC(=O)CN1CCCc2c(F)cc(Br)cc21. The van der Waals surface area contributed by atoms with Crippen molar-refractivity contribution >= 4 is 33.5 Å². The number of hydrogen-bond acceptors (Lipinski definition) is 3. The van der Waals surface area contributed by atoms with Crippen molar-refractivity contribution < 1.29 is 19.1 Å². The maximum Gasteiger partial charge on any atom is 0.322 e. The van der Waals surface area contributed by atoms with Crippen LogP contribution in [0.4, 0.5) is 10.1 Å². The Morgan fingerprint density at radius 2 is 2.20 bits per heavy atom. The lowest BCUT2D eigenvalue weighted by Crippen LogP contribution is -2.41. The molecular weight excluding hydrogens is 331 g/mol. The summed E-state index contributed by atoms with van der Waals surface area (Å²) in [6, 6.07) is 3.19. The molecule has 2 N–H and O–H groups in total. The lowest BCUT2D eigenvalue weighted by atomic mass is 10.0. The Bertz CT molecular complexity index is 551. The van der Waals surface area contributed by atoms with Crippen LogP contribution in [-0.4, -0.2) is 36.6 Å². The number of carboxylic acids is 1. The molecular formula is C13H14BrFN2O3. The monoisotopic (exact) mass is 344 g/mol. The van der Waals surface area contributed by atoms with E-state index < -0.39 is 12.5 Å². The highest BCUT2D eigenvalue weighted by atomic mass is 79.9. The summed E-state index contributed by atoms with van der Waals surface area (Å²) >= 11 is 3.24. The van der Waals surface area contributed by atoms with Gasteiger partial charge in [-0.1, -0.05) is 15.9 Å². The topological polar surface area (TPSA) is 69.6 Å². The van der Waals surface area contributed by atoms with Gasteiger partial charge in [-0.15, -0.1) is 0 Å². The minimum Gasteiger partial charge on any atom is -0.480 e. The summed E-state index contributed by atoms with van der Waals surface area (Å²) in [5.41, 5.74) is 1.29. The zero-order valence-corrected chi connectivity index (χ0v) is 12.2. The highest BCUT2D eigenvalue weighted by Gasteiger charge is 2.22. The van der Waals surface area contributed by atoms with Crippen LogP contribution in [0.15, 0.2) is 16.6 Å². The summed E-state index contributed by atoms with van der Waals surface area (Å²) in [5.74, 6) is -1.77. The molecule has 0 aliphatic carbocycles. The summed E-state index contributed by atoms with van der Waals surface area (Å²) in [7, 11) is 0. The van der Waals surface area contributed by atoms with E-state index in [1.807, 2.05) is 0 Å². The second-order valence-electron chi connectivity index (χ2n) is 4.58. The number of nitrogens with zero attached hydrogens (tertiary/aromatic N) is 1. The standard InChI is InChI=1S/C13H14BrFN2O3/c14-8-4-10(15)9-2-1-3-17(11(9)5-8)7-12(18)16-6-13(19)20/h4-5H,1-3,6-7H2,(H,16,18)(H,19,20). The van der Waals surface area contributed by atoms with Crippen molar-refractivity contribution in [2.75, 3.05) is 24.5 Å². The lowest BCUT2D eigenvalue weighted by molar-refractivity contribution is -0.137. The maximum atomic E-state index is 13.9. The van der Waals surface area contributed by atoms with Crippen LogP contribution < -0.4 is 10.2 Å². The first-order valence-corrected chi connectivity index (χ1v) is 6.98. The van der Waals surface area contributed by atoms with Crippen molar-refractivity contribution in [3.8, 4) is 0 Å². The van der Waals surface area contributed by atoms with Gasteiger partial charge in [0.1, 0.15) is 12.4 Å². The van der Waals surface area contributed by atoms with Crippen LogP contribution in [0.5, 0.6) is 0 Å². The fourth-order valence-corrected chi connectivity index (χ4v) is 2.67. The predicted molar refractivity (Wildman–Crippen MR) is 75.3 cm³/mol. The Morgan fingerprint density at radius 1 is 1.45 bits per heavy atom. The average Bonchev–Trinajstić information content (AvgIpc) is 2.37. The second-order valence-corrected chi connectivity index (χ2v) is 5.50. The van der Waals surface area contributed by atoms with Crippen molar-refractivity contribution in [3.63, 3.8) is 0 Å². The molecule has 1 amide bonds.